The van der Waals surface area contributed by atoms with Crippen molar-refractivity contribution in [3.63, 3.8) is 0 Å². The number of hydrogen-bond acceptors (Lipinski definition) is 4. The van der Waals surface area contributed by atoms with Crippen LogP contribution in [0.3, 0.4) is 0 Å². The number of rotatable bonds is 4. The third kappa shape index (κ3) is 4.96. The molecule has 1 aliphatic heterocycles. The van der Waals surface area contributed by atoms with Crippen LogP contribution in [0, 0.1) is 0 Å². The third-order valence-electron chi connectivity index (χ3n) is 3.30. The van der Waals surface area contributed by atoms with Crippen LogP contribution >= 0.6 is 7.14 Å². The van der Waals surface area contributed by atoms with Crippen LogP contribution in [0.2, 0.25) is 0 Å². The first-order valence-corrected chi connectivity index (χ1v) is 8.67. The Hall–Kier alpha value is 0.110. The highest BCUT2D eigenvalue weighted by Gasteiger charge is 2.21. The van der Waals surface area contributed by atoms with Crippen LogP contribution in [0.1, 0.15) is 13.8 Å². The molecule has 0 radical (unpaired) electrons. The molecule has 16 heavy (non-hydrogen) atoms. The van der Waals surface area contributed by atoms with Crippen LogP contribution in [-0.4, -0.2) is 62.8 Å². The summed E-state index contributed by atoms with van der Waals surface area (Å²) in [6.07, 6.45) is 2.46. The molecule has 4 nitrogen and oxygen atoms in total. The van der Waals surface area contributed by atoms with E-state index in [9.17, 15) is 4.57 Å². The molecule has 1 fully saturated rings. The van der Waals surface area contributed by atoms with Gasteiger partial charge in [0.25, 0.3) is 0 Å². The monoisotopic (exact) mass is 247 g/mol. The first-order chi connectivity index (χ1) is 7.70. The lowest BCUT2D eigenvalue weighted by Gasteiger charge is -2.26. The van der Waals surface area contributed by atoms with Gasteiger partial charge in [0.1, 0.15) is 7.14 Å². The van der Waals surface area contributed by atoms with Gasteiger partial charge in [-0.25, -0.2) is 0 Å². The maximum absolute atomic E-state index is 12.4. The molecule has 0 atom stereocenters. The van der Waals surface area contributed by atoms with E-state index in [1.54, 1.807) is 0 Å². The molecule has 1 aliphatic rings. The minimum absolute atomic E-state index is 0.795. The highest BCUT2D eigenvalue weighted by molar-refractivity contribution is 7.63. The summed E-state index contributed by atoms with van der Waals surface area (Å²) in [4.78, 5) is 2.35. The topological polar surface area (TPSA) is 44.4 Å². The van der Waals surface area contributed by atoms with E-state index in [0.29, 0.717) is 0 Å². The normalized spacial score (nSPS) is 21.1. The summed E-state index contributed by atoms with van der Waals surface area (Å²) in [5.41, 5.74) is 0. The molecule has 96 valence electrons. The summed E-state index contributed by atoms with van der Waals surface area (Å²) in [7, 11) is -1.93. The van der Waals surface area contributed by atoms with E-state index in [0.717, 1.165) is 57.9 Å². The standard InChI is InChI=1S/C11H26N3OP/c1-3-16(15,4-2)11-14-9-7-12-5-6-13-8-10-14/h12-13H,3-11H2,1-2H3. The van der Waals surface area contributed by atoms with Gasteiger partial charge in [-0.2, -0.15) is 0 Å². The Morgan fingerprint density at radius 2 is 1.50 bits per heavy atom. The molecule has 0 aromatic rings. The first kappa shape index (κ1) is 14.2. The van der Waals surface area contributed by atoms with Gasteiger partial charge >= 0.3 is 0 Å². The van der Waals surface area contributed by atoms with Crippen molar-refractivity contribution in [2.45, 2.75) is 13.8 Å². The number of nitrogens with one attached hydrogen (secondary N) is 2. The van der Waals surface area contributed by atoms with Crippen molar-refractivity contribution in [2.75, 3.05) is 57.9 Å². The maximum Gasteiger partial charge on any atom is 0.100 e. The van der Waals surface area contributed by atoms with Gasteiger partial charge in [0, 0.05) is 39.3 Å². The minimum Gasteiger partial charge on any atom is -0.322 e. The van der Waals surface area contributed by atoms with E-state index >= 15 is 0 Å². The fourth-order valence-corrected chi connectivity index (χ4v) is 3.80. The molecule has 1 heterocycles. The zero-order valence-electron chi connectivity index (χ0n) is 10.7. The van der Waals surface area contributed by atoms with E-state index in [4.69, 9.17) is 0 Å². The molecule has 0 amide bonds. The Morgan fingerprint density at radius 3 is 1.94 bits per heavy atom. The molecule has 0 aliphatic carbocycles. The van der Waals surface area contributed by atoms with Crippen molar-refractivity contribution >= 4 is 7.14 Å². The minimum atomic E-state index is -1.93. The van der Waals surface area contributed by atoms with Gasteiger partial charge in [0.15, 0.2) is 0 Å². The zero-order chi connectivity index (χ0) is 11.9. The van der Waals surface area contributed by atoms with Crippen LogP contribution in [0.15, 0.2) is 0 Å². The lowest BCUT2D eigenvalue weighted by Crippen LogP contribution is -2.35. The molecule has 0 unspecified atom stereocenters. The Balaban J connectivity index is 2.45. The van der Waals surface area contributed by atoms with Gasteiger partial charge in [-0.3, -0.25) is 4.90 Å². The van der Waals surface area contributed by atoms with Crippen molar-refractivity contribution in [3.05, 3.63) is 0 Å². The highest BCUT2D eigenvalue weighted by Crippen LogP contribution is 2.44. The van der Waals surface area contributed by atoms with Crippen molar-refractivity contribution in [1.29, 1.82) is 0 Å². The van der Waals surface area contributed by atoms with Gasteiger partial charge in [0.05, 0.1) is 6.29 Å². The molecule has 5 heteroatoms. The fourth-order valence-electron chi connectivity index (χ4n) is 1.94. The third-order valence-corrected chi connectivity index (χ3v) is 6.52. The van der Waals surface area contributed by atoms with Gasteiger partial charge in [-0.05, 0) is 12.3 Å². The highest BCUT2D eigenvalue weighted by atomic mass is 31.2. The van der Waals surface area contributed by atoms with Crippen LogP contribution in [0.25, 0.3) is 0 Å². The van der Waals surface area contributed by atoms with Crippen molar-refractivity contribution < 1.29 is 4.57 Å². The fraction of sp³-hybridized carbons (Fsp3) is 1.00. The quantitative estimate of drug-likeness (QED) is 0.723. The first-order valence-electron chi connectivity index (χ1n) is 6.41. The van der Waals surface area contributed by atoms with E-state index in [1.165, 1.54) is 0 Å². The van der Waals surface area contributed by atoms with Crippen molar-refractivity contribution in [2.24, 2.45) is 0 Å². The maximum atomic E-state index is 12.4. The summed E-state index contributed by atoms with van der Waals surface area (Å²) in [5, 5.41) is 6.77. The van der Waals surface area contributed by atoms with E-state index in [1.807, 2.05) is 0 Å². The summed E-state index contributed by atoms with van der Waals surface area (Å²) < 4.78 is 12.4. The second kappa shape index (κ2) is 7.44. The van der Waals surface area contributed by atoms with Crippen LogP contribution in [-0.2, 0) is 4.57 Å². The number of hydrogen-bond donors (Lipinski definition) is 2. The predicted molar refractivity (Wildman–Crippen MR) is 70.9 cm³/mol. The lowest BCUT2D eigenvalue weighted by molar-refractivity contribution is 0.320. The Kier molecular flexibility index (Phi) is 6.59. The molecule has 0 aromatic carbocycles. The van der Waals surface area contributed by atoms with Crippen molar-refractivity contribution in [3.8, 4) is 0 Å². The number of nitrogens with zero attached hydrogens (tertiary/aromatic N) is 1. The van der Waals surface area contributed by atoms with Crippen LogP contribution in [0.4, 0.5) is 0 Å². The summed E-state index contributed by atoms with van der Waals surface area (Å²) >= 11 is 0. The second-order valence-corrected chi connectivity index (χ2v) is 8.11. The molecule has 0 aromatic heterocycles. The average Bonchev–Trinajstić information content (AvgIpc) is 2.43. The van der Waals surface area contributed by atoms with E-state index in [-0.39, 0.29) is 0 Å². The largest absolute Gasteiger partial charge is 0.322 e. The van der Waals surface area contributed by atoms with Gasteiger partial charge in [-0.1, -0.05) is 13.8 Å². The van der Waals surface area contributed by atoms with Gasteiger partial charge in [0.2, 0.25) is 0 Å². The zero-order valence-corrected chi connectivity index (χ0v) is 11.6. The molecule has 1 rings (SSSR count). The molecule has 0 bridgehead atoms. The van der Waals surface area contributed by atoms with E-state index < -0.39 is 7.14 Å². The molecule has 0 spiro atoms. The Morgan fingerprint density at radius 1 is 1.00 bits per heavy atom. The SMILES string of the molecule is CCP(=O)(CC)CN1CCNCCNCC1. The summed E-state index contributed by atoms with van der Waals surface area (Å²) in [5.74, 6) is 0. The molecular weight excluding hydrogens is 221 g/mol. The van der Waals surface area contributed by atoms with Crippen LogP contribution < -0.4 is 10.6 Å². The van der Waals surface area contributed by atoms with Crippen molar-refractivity contribution in [1.82, 2.24) is 15.5 Å². The molecule has 1 saturated heterocycles. The smallest absolute Gasteiger partial charge is 0.100 e. The second-order valence-electron chi connectivity index (χ2n) is 4.45. The van der Waals surface area contributed by atoms with Gasteiger partial charge in [-0.15, -0.1) is 0 Å². The average molecular weight is 247 g/mol. The molecular formula is C11H26N3OP. The van der Waals surface area contributed by atoms with Crippen LogP contribution in [0.5, 0.6) is 0 Å². The molecule has 2 N–H and O–H groups in total. The lowest BCUT2D eigenvalue weighted by atomic mass is 10.5. The summed E-state index contributed by atoms with van der Waals surface area (Å²) in [6, 6.07) is 0. The van der Waals surface area contributed by atoms with E-state index in [2.05, 4.69) is 29.4 Å². The van der Waals surface area contributed by atoms with Gasteiger partial charge < -0.3 is 15.2 Å². The Bertz CT molecular complexity index is 217. The summed E-state index contributed by atoms with van der Waals surface area (Å²) in [6.45, 7) is 10.2. The molecule has 0 saturated carbocycles. The predicted octanol–water partition coefficient (Wildman–Crippen LogP) is 0.842. The Labute approximate surface area is 99.5 Å².